The van der Waals surface area contributed by atoms with E-state index in [-0.39, 0.29) is 6.04 Å². The van der Waals surface area contributed by atoms with Crippen LogP contribution < -0.4 is 10.1 Å². The van der Waals surface area contributed by atoms with E-state index in [2.05, 4.69) is 50.4 Å². The van der Waals surface area contributed by atoms with Crippen LogP contribution in [0.5, 0.6) is 5.75 Å². The molecule has 0 bridgehead atoms. The smallest absolute Gasteiger partial charge is 0.142 e. The van der Waals surface area contributed by atoms with Gasteiger partial charge in [-0.2, -0.15) is 0 Å². The van der Waals surface area contributed by atoms with E-state index < -0.39 is 0 Å². The number of halogens is 1. The lowest BCUT2D eigenvalue weighted by Crippen LogP contribution is -2.07. The van der Waals surface area contributed by atoms with Crippen molar-refractivity contribution in [2.75, 3.05) is 12.4 Å². The molecule has 0 aliphatic heterocycles. The summed E-state index contributed by atoms with van der Waals surface area (Å²) in [5.41, 5.74) is 3.50. The van der Waals surface area contributed by atoms with Gasteiger partial charge in [-0.3, -0.25) is 0 Å². The molecule has 0 fully saturated rings. The van der Waals surface area contributed by atoms with E-state index in [1.54, 1.807) is 7.11 Å². The minimum absolute atomic E-state index is 0.179. The number of ether oxygens (including phenoxy) is 1. The van der Waals surface area contributed by atoms with Gasteiger partial charge in [-0.1, -0.05) is 49.7 Å². The van der Waals surface area contributed by atoms with E-state index in [0.29, 0.717) is 10.9 Å². The molecule has 112 valence electrons. The molecule has 2 rings (SSSR count). The fraction of sp³-hybridized carbons (Fsp3) is 0.333. The number of nitrogens with one attached hydrogen (secondary N) is 1. The fourth-order valence-corrected chi connectivity index (χ4v) is 2.45. The molecule has 2 aromatic rings. The van der Waals surface area contributed by atoms with Crippen LogP contribution in [0.25, 0.3) is 0 Å². The normalized spacial score (nSPS) is 12.3. The molecule has 0 amide bonds. The summed E-state index contributed by atoms with van der Waals surface area (Å²) in [5.74, 6) is 1.35. The first-order valence-electron chi connectivity index (χ1n) is 7.21. The van der Waals surface area contributed by atoms with Gasteiger partial charge in [-0.05, 0) is 42.2 Å². The molecule has 0 aromatic heterocycles. The molecule has 21 heavy (non-hydrogen) atoms. The second kappa shape index (κ2) is 6.86. The van der Waals surface area contributed by atoms with Gasteiger partial charge in [0, 0.05) is 11.1 Å². The summed E-state index contributed by atoms with van der Waals surface area (Å²) in [4.78, 5) is 0. The van der Waals surface area contributed by atoms with Gasteiger partial charge in [-0.15, -0.1) is 0 Å². The van der Waals surface area contributed by atoms with Gasteiger partial charge in [0.2, 0.25) is 0 Å². The summed E-state index contributed by atoms with van der Waals surface area (Å²) in [6, 6.07) is 14.5. The highest BCUT2D eigenvalue weighted by Crippen LogP contribution is 2.31. The van der Waals surface area contributed by atoms with Gasteiger partial charge in [0.05, 0.1) is 12.8 Å². The van der Waals surface area contributed by atoms with Crippen molar-refractivity contribution in [1.29, 1.82) is 0 Å². The van der Waals surface area contributed by atoms with Gasteiger partial charge in [0.25, 0.3) is 0 Å². The van der Waals surface area contributed by atoms with Crippen LogP contribution in [-0.4, -0.2) is 7.11 Å². The van der Waals surface area contributed by atoms with E-state index in [1.807, 2.05) is 18.2 Å². The number of hydrogen-bond donors (Lipinski definition) is 1. The Morgan fingerprint density at radius 3 is 2.14 bits per heavy atom. The quantitative estimate of drug-likeness (QED) is 0.771. The number of benzene rings is 2. The zero-order chi connectivity index (χ0) is 15.4. The molecule has 0 heterocycles. The molecule has 0 saturated heterocycles. The lowest BCUT2D eigenvalue weighted by atomic mass is 9.99. The third-order valence-corrected chi connectivity index (χ3v) is 3.87. The predicted octanol–water partition coefficient (Wildman–Crippen LogP) is 5.65. The Bertz CT molecular complexity index is 593. The summed E-state index contributed by atoms with van der Waals surface area (Å²) >= 11 is 6.06. The molecular weight excluding hydrogens is 282 g/mol. The molecule has 0 radical (unpaired) electrons. The highest BCUT2D eigenvalue weighted by atomic mass is 35.5. The van der Waals surface area contributed by atoms with E-state index >= 15 is 0 Å². The number of anilines is 1. The maximum Gasteiger partial charge on any atom is 0.142 e. The largest absolute Gasteiger partial charge is 0.495 e. The third kappa shape index (κ3) is 3.92. The number of hydrogen-bond acceptors (Lipinski definition) is 2. The van der Waals surface area contributed by atoms with Crippen molar-refractivity contribution in [2.24, 2.45) is 0 Å². The highest BCUT2D eigenvalue weighted by molar-refractivity contribution is 6.30. The maximum atomic E-state index is 6.06. The average Bonchev–Trinajstić information content (AvgIpc) is 2.47. The van der Waals surface area contributed by atoms with Crippen LogP contribution in [0.2, 0.25) is 5.02 Å². The van der Waals surface area contributed by atoms with Crippen LogP contribution in [0.3, 0.4) is 0 Å². The molecule has 2 nitrogen and oxygen atoms in total. The second-order valence-corrected chi connectivity index (χ2v) is 5.97. The second-order valence-electron chi connectivity index (χ2n) is 5.53. The lowest BCUT2D eigenvalue weighted by molar-refractivity contribution is 0.416. The summed E-state index contributed by atoms with van der Waals surface area (Å²) < 4.78 is 5.37. The zero-order valence-electron chi connectivity index (χ0n) is 13.0. The van der Waals surface area contributed by atoms with Crippen molar-refractivity contribution in [2.45, 2.75) is 32.7 Å². The van der Waals surface area contributed by atoms with Crippen LogP contribution in [0, 0.1) is 0 Å². The topological polar surface area (TPSA) is 21.3 Å². The molecule has 2 aromatic carbocycles. The van der Waals surface area contributed by atoms with Crippen LogP contribution >= 0.6 is 11.6 Å². The summed E-state index contributed by atoms with van der Waals surface area (Å²) in [6.07, 6.45) is 0. The maximum absolute atomic E-state index is 6.06. The standard InChI is InChI=1S/C18H22ClNO/c1-12(2)14-5-7-15(8-6-14)13(3)20-17-11-16(19)9-10-18(17)21-4/h5-13,20H,1-4H3. The lowest BCUT2D eigenvalue weighted by Gasteiger charge is -2.19. The van der Waals surface area contributed by atoms with Gasteiger partial charge in [-0.25, -0.2) is 0 Å². The molecule has 0 saturated carbocycles. The monoisotopic (exact) mass is 303 g/mol. The summed E-state index contributed by atoms with van der Waals surface area (Å²) in [7, 11) is 1.66. The number of methoxy groups -OCH3 is 1. The highest BCUT2D eigenvalue weighted by Gasteiger charge is 2.10. The minimum atomic E-state index is 0.179. The molecule has 1 unspecified atom stereocenters. The van der Waals surface area contributed by atoms with Gasteiger partial charge in [0.1, 0.15) is 5.75 Å². The Kier molecular flexibility index (Phi) is 5.13. The first-order valence-corrected chi connectivity index (χ1v) is 7.59. The van der Waals surface area contributed by atoms with E-state index in [4.69, 9.17) is 16.3 Å². The molecule has 3 heteroatoms. The molecule has 0 aliphatic carbocycles. The van der Waals surface area contributed by atoms with Crippen molar-refractivity contribution >= 4 is 17.3 Å². The Morgan fingerprint density at radius 1 is 0.952 bits per heavy atom. The number of rotatable bonds is 5. The Labute approximate surface area is 132 Å². The van der Waals surface area contributed by atoms with Gasteiger partial charge < -0.3 is 10.1 Å². The van der Waals surface area contributed by atoms with Crippen molar-refractivity contribution < 1.29 is 4.74 Å². The molecule has 0 spiro atoms. The fourth-order valence-electron chi connectivity index (χ4n) is 2.28. The van der Waals surface area contributed by atoms with Gasteiger partial charge in [0.15, 0.2) is 0 Å². The van der Waals surface area contributed by atoms with Crippen molar-refractivity contribution in [3.05, 3.63) is 58.6 Å². The average molecular weight is 304 g/mol. The van der Waals surface area contributed by atoms with Crippen molar-refractivity contribution in [3.63, 3.8) is 0 Å². The summed E-state index contributed by atoms with van der Waals surface area (Å²) in [5, 5.41) is 4.15. The minimum Gasteiger partial charge on any atom is -0.495 e. The van der Waals surface area contributed by atoms with Crippen LogP contribution in [0.4, 0.5) is 5.69 Å². The Balaban J connectivity index is 2.17. The predicted molar refractivity (Wildman–Crippen MR) is 90.6 cm³/mol. The third-order valence-electron chi connectivity index (χ3n) is 3.64. The van der Waals surface area contributed by atoms with Crippen molar-refractivity contribution in [1.82, 2.24) is 0 Å². The zero-order valence-corrected chi connectivity index (χ0v) is 13.7. The Hall–Kier alpha value is -1.67. The SMILES string of the molecule is COc1ccc(Cl)cc1NC(C)c1ccc(C(C)C)cc1. The first-order chi connectivity index (χ1) is 10.0. The summed E-state index contributed by atoms with van der Waals surface area (Å²) in [6.45, 7) is 6.53. The molecule has 1 atom stereocenters. The van der Waals surface area contributed by atoms with Gasteiger partial charge >= 0.3 is 0 Å². The first kappa shape index (κ1) is 15.7. The van der Waals surface area contributed by atoms with Crippen molar-refractivity contribution in [3.8, 4) is 5.75 Å². The molecular formula is C18H22ClNO. The van der Waals surface area contributed by atoms with Crippen LogP contribution in [0.1, 0.15) is 43.9 Å². The van der Waals surface area contributed by atoms with E-state index in [0.717, 1.165) is 11.4 Å². The molecule has 0 aliphatic rings. The molecule has 1 N–H and O–H groups in total. The Morgan fingerprint density at radius 2 is 1.57 bits per heavy atom. The van der Waals surface area contributed by atoms with E-state index in [1.165, 1.54) is 11.1 Å². The van der Waals surface area contributed by atoms with E-state index in [9.17, 15) is 0 Å². The van der Waals surface area contributed by atoms with Crippen LogP contribution in [0.15, 0.2) is 42.5 Å². The van der Waals surface area contributed by atoms with Crippen LogP contribution in [-0.2, 0) is 0 Å².